The van der Waals surface area contributed by atoms with Crippen LogP contribution in [0, 0.1) is 6.92 Å². The lowest BCUT2D eigenvalue weighted by Crippen LogP contribution is -2.46. The summed E-state index contributed by atoms with van der Waals surface area (Å²) >= 11 is 0. The van der Waals surface area contributed by atoms with Gasteiger partial charge in [0.2, 0.25) is 0 Å². The monoisotopic (exact) mass is 242 g/mol. The van der Waals surface area contributed by atoms with Crippen LogP contribution in [0.15, 0.2) is 15.8 Å². The molecule has 0 N–H and O–H groups in total. The molecule has 1 aromatic heterocycles. The van der Waals surface area contributed by atoms with Crippen molar-refractivity contribution >= 4 is 6.16 Å². The fourth-order valence-electron chi connectivity index (χ4n) is 1.23. The Kier molecular flexibility index (Phi) is 4.08. The molecule has 0 radical (unpaired) electrons. The molecule has 1 aromatic rings. The van der Waals surface area contributed by atoms with Crippen LogP contribution >= 0.6 is 0 Å². The Bertz CT molecular complexity index is 528. The molecule has 0 atom stereocenters. The maximum Gasteiger partial charge on any atom is 0.534 e. The molecule has 0 spiro atoms. The number of aryl methyl sites for hydroxylation is 2. The number of carbonyl (C=O) groups is 1. The third kappa shape index (κ3) is 2.74. The highest BCUT2D eigenvalue weighted by Crippen LogP contribution is 1.86. The zero-order chi connectivity index (χ0) is 13.0. The number of carbonyl (C=O) groups excluding carboxylic acids is 1. The van der Waals surface area contributed by atoms with E-state index in [2.05, 4.69) is 9.57 Å². The zero-order valence-corrected chi connectivity index (χ0v) is 9.93. The van der Waals surface area contributed by atoms with Gasteiger partial charge in [-0.3, -0.25) is 14.2 Å². The van der Waals surface area contributed by atoms with Gasteiger partial charge >= 0.3 is 11.8 Å². The molecule has 7 heteroatoms. The van der Waals surface area contributed by atoms with Crippen molar-refractivity contribution in [3.8, 4) is 0 Å². The van der Waals surface area contributed by atoms with Gasteiger partial charge in [0.15, 0.2) is 0 Å². The van der Waals surface area contributed by atoms with E-state index < -0.39 is 17.4 Å². The van der Waals surface area contributed by atoms with Gasteiger partial charge in [-0.25, -0.2) is 9.59 Å². The van der Waals surface area contributed by atoms with Crippen LogP contribution < -0.4 is 16.1 Å². The largest absolute Gasteiger partial charge is 0.534 e. The summed E-state index contributed by atoms with van der Waals surface area (Å²) in [6, 6.07) is 0. The number of aromatic nitrogens is 2. The Labute approximate surface area is 97.1 Å². The molecule has 0 saturated carbocycles. The van der Waals surface area contributed by atoms with E-state index in [1.807, 2.05) is 0 Å². The summed E-state index contributed by atoms with van der Waals surface area (Å²) in [5, 5.41) is 0. The SMILES string of the molecule is CCOC(=O)On1c(=O)c(C)cn(CC)c1=O. The Morgan fingerprint density at radius 2 is 2.00 bits per heavy atom. The Balaban J connectivity index is 3.23. The van der Waals surface area contributed by atoms with Gasteiger partial charge in [-0.15, -0.1) is 0 Å². The Morgan fingerprint density at radius 1 is 1.35 bits per heavy atom. The molecule has 0 bridgehead atoms. The van der Waals surface area contributed by atoms with Crippen molar-refractivity contribution in [3.63, 3.8) is 0 Å². The summed E-state index contributed by atoms with van der Waals surface area (Å²) in [5.74, 6) is 0. The predicted octanol–water partition coefficient (Wildman–Crippen LogP) is -0.0766. The summed E-state index contributed by atoms with van der Waals surface area (Å²) in [5.41, 5.74) is -1.08. The van der Waals surface area contributed by atoms with Gasteiger partial charge in [0.1, 0.15) is 0 Å². The lowest BCUT2D eigenvalue weighted by atomic mass is 10.4. The molecule has 0 aliphatic carbocycles. The van der Waals surface area contributed by atoms with Crippen LogP contribution in [0.2, 0.25) is 0 Å². The smallest absolute Gasteiger partial charge is 0.433 e. The number of ether oxygens (including phenoxy) is 1. The fourth-order valence-corrected chi connectivity index (χ4v) is 1.23. The highest BCUT2D eigenvalue weighted by molar-refractivity contribution is 5.60. The molecule has 94 valence electrons. The molecule has 0 aromatic carbocycles. The molecular weight excluding hydrogens is 228 g/mol. The Morgan fingerprint density at radius 3 is 2.53 bits per heavy atom. The zero-order valence-electron chi connectivity index (χ0n) is 9.93. The van der Waals surface area contributed by atoms with E-state index in [0.717, 1.165) is 0 Å². The first-order valence-electron chi connectivity index (χ1n) is 5.19. The summed E-state index contributed by atoms with van der Waals surface area (Å²) in [4.78, 5) is 38.9. The lowest BCUT2D eigenvalue weighted by molar-refractivity contribution is 0.0427. The molecule has 17 heavy (non-hydrogen) atoms. The normalized spacial score (nSPS) is 10.1. The molecule has 1 heterocycles. The molecule has 0 aliphatic heterocycles. The van der Waals surface area contributed by atoms with Crippen molar-refractivity contribution in [1.29, 1.82) is 0 Å². The van der Waals surface area contributed by atoms with E-state index in [1.165, 1.54) is 17.7 Å². The van der Waals surface area contributed by atoms with Crippen LogP contribution in [-0.4, -0.2) is 22.1 Å². The highest BCUT2D eigenvalue weighted by atomic mass is 16.8. The third-order valence-corrected chi connectivity index (χ3v) is 2.06. The average molecular weight is 242 g/mol. The third-order valence-electron chi connectivity index (χ3n) is 2.06. The average Bonchev–Trinajstić information content (AvgIpc) is 2.29. The predicted molar refractivity (Wildman–Crippen MR) is 59.0 cm³/mol. The summed E-state index contributed by atoms with van der Waals surface area (Å²) in [7, 11) is 0. The van der Waals surface area contributed by atoms with Gasteiger partial charge in [0, 0.05) is 18.3 Å². The number of rotatable bonds is 3. The molecule has 0 aliphatic rings. The molecule has 0 fully saturated rings. The standard InChI is InChI=1S/C10H14N2O5/c1-4-11-6-7(3)8(13)12(9(11)14)17-10(15)16-5-2/h6H,4-5H2,1-3H3. The van der Waals surface area contributed by atoms with Crippen molar-refractivity contribution < 1.29 is 14.4 Å². The highest BCUT2D eigenvalue weighted by Gasteiger charge is 2.13. The topological polar surface area (TPSA) is 79.5 Å². The van der Waals surface area contributed by atoms with E-state index in [0.29, 0.717) is 16.8 Å². The maximum atomic E-state index is 11.7. The number of hydrogen-bond donors (Lipinski definition) is 0. The number of hydrogen-bond acceptors (Lipinski definition) is 5. The number of nitrogens with zero attached hydrogens (tertiary/aromatic N) is 2. The van der Waals surface area contributed by atoms with Crippen LogP contribution in [-0.2, 0) is 11.3 Å². The minimum Gasteiger partial charge on any atom is -0.433 e. The van der Waals surface area contributed by atoms with Crippen LogP contribution in [0.4, 0.5) is 4.79 Å². The summed E-state index contributed by atoms with van der Waals surface area (Å²) < 4.78 is 6.16. The van der Waals surface area contributed by atoms with Gasteiger partial charge in [0.25, 0.3) is 5.56 Å². The van der Waals surface area contributed by atoms with Gasteiger partial charge in [-0.2, -0.15) is 0 Å². The van der Waals surface area contributed by atoms with Crippen LogP contribution in [0.1, 0.15) is 19.4 Å². The van der Waals surface area contributed by atoms with Crippen LogP contribution in [0.25, 0.3) is 0 Å². The van der Waals surface area contributed by atoms with Crippen molar-refractivity contribution in [1.82, 2.24) is 9.30 Å². The molecule has 0 unspecified atom stereocenters. The van der Waals surface area contributed by atoms with Crippen molar-refractivity contribution in [2.75, 3.05) is 6.61 Å². The van der Waals surface area contributed by atoms with Crippen LogP contribution in [0.3, 0.4) is 0 Å². The van der Waals surface area contributed by atoms with Gasteiger partial charge < -0.3 is 4.74 Å². The first-order valence-corrected chi connectivity index (χ1v) is 5.19. The van der Waals surface area contributed by atoms with Crippen LogP contribution in [0.5, 0.6) is 0 Å². The van der Waals surface area contributed by atoms with E-state index >= 15 is 0 Å². The quantitative estimate of drug-likeness (QED) is 0.693. The first kappa shape index (κ1) is 13.0. The summed E-state index contributed by atoms with van der Waals surface area (Å²) in [6.07, 6.45) is 0.329. The maximum absolute atomic E-state index is 11.7. The van der Waals surface area contributed by atoms with Gasteiger partial charge in [-0.05, 0) is 20.8 Å². The van der Waals surface area contributed by atoms with E-state index in [9.17, 15) is 14.4 Å². The minimum atomic E-state index is -1.08. The molecular formula is C10H14N2O5. The van der Waals surface area contributed by atoms with Crippen molar-refractivity contribution in [3.05, 3.63) is 32.6 Å². The first-order chi connectivity index (χ1) is 8.01. The van der Waals surface area contributed by atoms with Crippen molar-refractivity contribution in [2.45, 2.75) is 27.3 Å². The van der Waals surface area contributed by atoms with Crippen molar-refractivity contribution in [2.24, 2.45) is 0 Å². The molecule has 1 rings (SSSR count). The summed E-state index contributed by atoms with van der Waals surface area (Å²) in [6.45, 7) is 5.32. The minimum absolute atomic E-state index is 0.0986. The molecule has 7 nitrogen and oxygen atoms in total. The second-order valence-electron chi connectivity index (χ2n) is 3.25. The van der Waals surface area contributed by atoms with E-state index in [1.54, 1.807) is 13.8 Å². The van der Waals surface area contributed by atoms with Gasteiger partial charge in [-0.1, -0.05) is 4.73 Å². The second-order valence-corrected chi connectivity index (χ2v) is 3.25. The molecule has 0 saturated heterocycles. The fraction of sp³-hybridized carbons (Fsp3) is 0.500. The molecule has 0 amide bonds. The lowest BCUT2D eigenvalue weighted by Gasteiger charge is -2.09. The van der Waals surface area contributed by atoms with E-state index in [-0.39, 0.29) is 6.61 Å². The second kappa shape index (κ2) is 5.33. The Hall–Kier alpha value is -2.05. The van der Waals surface area contributed by atoms with Gasteiger partial charge in [0.05, 0.1) is 6.61 Å². The van der Waals surface area contributed by atoms with E-state index in [4.69, 9.17) is 0 Å².